The molecule has 1 aromatic heterocycles. The maximum atomic E-state index is 4.39. The van der Waals surface area contributed by atoms with Gasteiger partial charge < -0.3 is 14.8 Å². The van der Waals surface area contributed by atoms with Crippen LogP contribution in [0, 0.1) is 0 Å². The molecule has 1 aliphatic heterocycles. The zero-order valence-electron chi connectivity index (χ0n) is 13.7. The van der Waals surface area contributed by atoms with Gasteiger partial charge >= 0.3 is 0 Å². The topological polar surface area (TPSA) is 35.8 Å². The van der Waals surface area contributed by atoms with Crippen LogP contribution in [0.4, 0.5) is 0 Å². The first kappa shape index (κ1) is 17.7. The summed E-state index contributed by atoms with van der Waals surface area (Å²) >= 11 is 5.57. The Hall–Kier alpha value is -0.660. The van der Waals surface area contributed by atoms with E-state index in [1.807, 2.05) is 7.05 Å². The molecule has 124 valence electrons. The molecule has 2 heterocycles. The van der Waals surface area contributed by atoms with Gasteiger partial charge in [-0.2, -0.15) is 11.8 Å². The van der Waals surface area contributed by atoms with Gasteiger partial charge in [-0.3, -0.25) is 9.89 Å². The van der Waals surface area contributed by atoms with Crippen LogP contribution in [0.2, 0.25) is 0 Å². The van der Waals surface area contributed by atoms with E-state index in [1.165, 1.54) is 30.3 Å². The van der Waals surface area contributed by atoms with E-state index in [9.17, 15) is 0 Å². The largest absolute Gasteiger partial charge is 0.355 e. The second-order valence-corrected chi connectivity index (χ2v) is 7.69. The summed E-state index contributed by atoms with van der Waals surface area (Å²) in [5.74, 6) is 3.47. The summed E-state index contributed by atoms with van der Waals surface area (Å²) < 4.78 is 3.25. The third-order valence-electron chi connectivity index (χ3n) is 3.86. The number of aliphatic imine (C=N–C) groups is 1. The lowest BCUT2D eigenvalue weighted by Gasteiger charge is -2.27. The number of thioether (sulfide) groups is 1. The van der Waals surface area contributed by atoms with Gasteiger partial charge in [0, 0.05) is 75.2 Å². The maximum Gasteiger partial charge on any atom is 0.193 e. The molecular weight excluding hydrogens is 362 g/mol. The summed E-state index contributed by atoms with van der Waals surface area (Å²) in [6.45, 7) is 5.28. The molecule has 0 atom stereocenters. The van der Waals surface area contributed by atoms with Gasteiger partial charge in [-0.25, -0.2) is 0 Å². The van der Waals surface area contributed by atoms with Crippen molar-refractivity contribution in [3.05, 3.63) is 22.4 Å². The molecule has 0 aromatic carbocycles. The van der Waals surface area contributed by atoms with E-state index in [4.69, 9.17) is 0 Å². The Balaban J connectivity index is 1.79. The van der Waals surface area contributed by atoms with Crippen LogP contribution in [0.3, 0.4) is 0 Å². The van der Waals surface area contributed by atoms with E-state index >= 15 is 0 Å². The molecule has 7 heteroatoms. The van der Waals surface area contributed by atoms with Crippen molar-refractivity contribution >= 4 is 33.7 Å². The van der Waals surface area contributed by atoms with Gasteiger partial charge in [0.05, 0.1) is 6.54 Å². The molecule has 1 saturated heterocycles. The van der Waals surface area contributed by atoms with Gasteiger partial charge in [0.1, 0.15) is 0 Å². The van der Waals surface area contributed by atoms with Crippen molar-refractivity contribution in [3.8, 4) is 0 Å². The molecule has 0 saturated carbocycles. The Bertz CT molecular complexity index is 496. The van der Waals surface area contributed by atoms with Crippen molar-refractivity contribution in [2.24, 2.45) is 12.0 Å². The molecule has 1 N–H and O–H groups in total. The molecule has 22 heavy (non-hydrogen) atoms. The molecule has 0 amide bonds. The lowest BCUT2D eigenvalue weighted by molar-refractivity contribution is 0.305. The molecule has 0 radical (unpaired) electrons. The van der Waals surface area contributed by atoms with Crippen LogP contribution in [0.1, 0.15) is 5.69 Å². The summed E-state index contributed by atoms with van der Waals surface area (Å²) in [7, 11) is 5.99. The molecule has 5 nitrogen and oxygen atoms in total. The normalized spacial score (nSPS) is 16.8. The molecule has 1 aromatic rings. The molecule has 0 spiro atoms. The summed E-state index contributed by atoms with van der Waals surface area (Å²) in [5, 5.41) is 3.47. The first-order chi connectivity index (χ1) is 10.6. The van der Waals surface area contributed by atoms with Crippen LogP contribution >= 0.6 is 27.7 Å². The fraction of sp³-hybridized carbons (Fsp3) is 0.667. The average molecular weight is 388 g/mol. The number of aryl methyl sites for hydroxylation is 1. The maximum absolute atomic E-state index is 4.39. The Labute approximate surface area is 146 Å². The highest BCUT2D eigenvalue weighted by Gasteiger charge is 2.12. The minimum atomic E-state index is 0.835. The van der Waals surface area contributed by atoms with Crippen molar-refractivity contribution in [1.82, 2.24) is 19.7 Å². The summed E-state index contributed by atoms with van der Waals surface area (Å²) in [6.07, 6.45) is 2.08. The molecular formula is C15H26BrN5S. The first-order valence-electron chi connectivity index (χ1n) is 7.63. The highest BCUT2D eigenvalue weighted by Crippen LogP contribution is 2.15. The third kappa shape index (κ3) is 5.21. The lowest BCUT2D eigenvalue weighted by Crippen LogP contribution is -2.43. The highest BCUT2D eigenvalue weighted by atomic mass is 79.9. The van der Waals surface area contributed by atoms with Gasteiger partial charge in [0.2, 0.25) is 0 Å². The Morgan fingerprint density at radius 2 is 2.18 bits per heavy atom. The van der Waals surface area contributed by atoms with Crippen LogP contribution in [0.15, 0.2) is 21.7 Å². The molecule has 0 aliphatic carbocycles. The molecule has 1 aliphatic rings. The number of hydrogen-bond acceptors (Lipinski definition) is 3. The number of hydrogen-bond donors (Lipinski definition) is 1. The van der Waals surface area contributed by atoms with E-state index in [-0.39, 0.29) is 0 Å². The Kier molecular flexibility index (Phi) is 7.11. The molecule has 2 rings (SSSR count). The zero-order chi connectivity index (χ0) is 15.9. The van der Waals surface area contributed by atoms with Gasteiger partial charge in [-0.15, -0.1) is 0 Å². The quantitative estimate of drug-likeness (QED) is 0.617. The number of guanidine groups is 1. The lowest BCUT2D eigenvalue weighted by atomic mass is 10.4. The van der Waals surface area contributed by atoms with Crippen molar-refractivity contribution in [2.45, 2.75) is 6.54 Å². The molecule has 0 unspecified atom stereocenters. The second kappa shape index (κ2) is 8.84. The van der Waals surface area contributed by atoms with Crippen LogP contribution in [0.25, 0.3) is 0 Å². The monoisotopic (exact) mass is 387 g/mol. The predicted octanol–water partition coefficient (Wildman–Crippen LogP) is 1.84. The van der Waals surface area contributed by atoms with Gasteiger partial charge in [-0.05, 0) is 22.0 Å². The van der Waals surface area contributed by atoms with Crippen molar-refractivity contribution in [3.63, 3.8) is 0 Å². The van der Waals surface area contributed by atoms with Gasteiger partial charge in [0.25, 0.3) is 0 Å². The SMILES string of the molecule is CN=C(NCCN1CCSCC1)N(C)Cc1cc(Br)cn1C. The van der Waals surface area contributed by atoms with E-state index in [2.05, 4.69) is 78.7 Å². The minimum Gasteiger partial charge on any atom is -0.355 e. The number of aromatic nitrogens is 1. The number of nitrogens with zero attached hydrogens (tertiary/aromatic N) is 4. The fourth-order valence-corrected chi connectivity index (χ4v) is 4.13. The summed E-state index contributed by atoms with van der Waals surface area (Å²) in [4.78, 5) is 9.07. The highest BCUT2D eigenvalue weighted by molar-refractivity contribution is 9.10. The minimum absolute atomic E-state index is 0.835. The smallest absolute Gasteiger partial charge is 0.193 e. The van der Waals surface area contributed by atoms with E-state index in [1.54, 1.807) is 0 Å². The van der Waals surface area contributed by atoms with Gasteiger partial charge in [0.15, 0.2) is 5.96 Å². The van der Waals surface area contributed by atoms with E-state index in [0.29, 0.717) is 0 Å². The Morgan fingerprint density at radius 1 is 1.45 bits per heavy atom. The van der Waals surface area contributed by atoms with E-state index < -0.39 is 0 Å². The third-order valence-corrected chi connectivity index (χ3v) is 5.24. The van der Waals surface area contributed by atoms with Crippen LogP contribution in [0.5, 0.6) is 0 Å². The molecule has 1 fully saturated rings. The van der Waals surface area contributed by atoms with Crippen LogP contribution < -0.4 is 5.32 Å². The summed E-state index contributed by atoms with van der Waals surface area (Å²) in [5.41, 5.74) is 1.25. The van der Waals surface area contributed by atoms with Crippen molar-refractivity contribution in [1.29, 1.82) is 0 Å². The standard InChI is InChI=1S/C15H26BrN5S/c1-17-15(18-4-5-21-6-8-22-9-7-21)20(3)12-14-10-13(16)11-19(14)2/h10-11H,4-9,12H2,1-3H3,(H,17,18). The number of rotatable bonds is 5. The van der Waals surface area contributed by atoms with E-state index in [0.717, 1.165) is 30.1 Å². The van der Waals surface area contributed by atoms with Crippen LogP contribution in [-0.2, 0) is 13.6 Å². The summed E-state index contributed by atoms with van der Waals surface area (Å²) in [6, 6.07) is 2.15. The first-order valence-corrected chi connectivity index (χ1v) is 9.57. The predicted molar refractivity (Wildman–Crippen MR) is 99.7 cm³/mol. The van der Waals surface area contributed by atoms with Crippen molar-refractivity contribution in [2.75, 3.05) is 51.8 Å². The van der Waals surface area contributed by atoms with Gasteiger partial charge in [-0.1, -0.05) is 0 Å². The number of nitrogens with one attached hydrogen (secondary N) is 1. The zero-order valence-corrected chi connectivity index (χ0v) is 16.1. The average Bonchev–Trinajstić information content (AvgIpc) is 2.82. The fourth-order valence-electron chi connectivity index (χ4n) is 2.58. The van der Waals surface area contributed by atoms with Crippen LogP contribution in [-0.4, -0.2) is 72.1 Å². The second-order valence-electron chi connectivity index (χ2n) is 5.54. The van der Waals surface area contributed by atoms with Crippen molar-refractivity contribution < 1.29 is 0 Å². The molecule has 0 bridgehead atoms. The number of halogens is 1. The Morgan fingerprint density at radius 3 is 2.77 bits per heavy atom.